The third kappa shape index (κ3) is 7.80. The highest BCUT2D eigenvalue weighted by atomic mass is 79.9. The number of halogens is 7. The second-order valence-electron chi connectivity index (χ2n) is 10.3. The van der Waals surface area contributed by atoms with E-state index >= 15 is 0 Å². The number of amides is 3. The molecular weight excluding hydrogens is 650 g/mol. The molecule has 2 aliphatic rings. The van der Waals surface area contributed by atoms with Crippen molar-refractivity contribution in [2.24, 2.45) is 5.73 Å². The number of unbranched alkanes of at least 4 members (excludes halogenated alkanes) is 1. The van der Waals surface area contributed by atoms with E-state index in [2.05, 4.69) is 15.9 Å². The van der Waals surface area contributed by atoms with Crippen molar-refractivity contribution >= 4 is 33.8 Å². The van der Waals surface area contributed by atoms with E-state index in [1.807, 2.05) is 12.1 Å². The minimum atomic E-state index is -5.06. The van der Waals surface area contributed by atoms with E-state index in [1.165, 1.54) is 14.7 Å². The topological polar surface area (TPSA) is 96.2 Å². The van der Waals surface area contributed by atoms with Gasteiger partial charge < -0.3 is 20.3 Å². The lowest BCUT2D eigenvalue weighted by molar-refractivity contribution is -0.169. The number of rotatable bonds is 8. The summed E-state index contributed by atoms with van der Waals surface area (Å²) < 4.78 is 85.7. The van der Waals surface area contributed by atoms with Crippen LogP contribution in [0.2, 0.25) is 0 Å². The van der Waals surface area contributed by atoms with Crippen LogP contribution in [-0.4, -0.2) is 64.4 Å². The summed E-state index contributed by atoms with van der Waals surface area (Å²) in [6.07, 6.45) is -10.8. The Hall–Kier alpha value is -3.33. The van der Waals surface area contributed by atoms with Crippen molar-refractivity contribution in [1.82, 2.24) is 14.7 Å². The van der Waals surface area contributed by atoms with E-state index in [0.29, 0.717) is 37.9 Å². The third-order valence-corrected chi connectivity index (χ3v) is 7.84. The molecule has 2 fully saturated rings. The van der Waals surface area contributed by atoms with Crippen molar-refractivity contribution in [2.75, 3.05) is 19.6 Å². The van der Waals surface area contributed by atoms with E-state index < -0.39 is 54.0 Å². The lowest BCUT2D eigenvalue weighted by Gasteiger charge is -2.52. The van der Waals surface area contributed by atoms with E-state index in [4.69, 9.17) is 10.5 Å². The number of nitrogens with zero attached hydrogens (tertiary/aromatic N) is 3. The molecule has 0 aromatic heterocycles. The summed E-state index contributed by atoms with van der Waals surface area (Å²) in [5.41, 5.74) is 2.85. The first kappa shape index (κ1) is 32.6. The van der Waals surface area contributed by atoms with Crippen molar-refractivity contribution in [1.29, 1.82) is 0 Å². The lowest BCUT2D eigenvalue weighted by Crippen LogP contribution is -2.71. The molecule has 43 heavy (non-hydrogen) atoms. The van der Waals surface area contributed by atoms with Gasteiger partial charge in [0.2, 0.25) is 11.8 Å². The number of benzene rings is 2. The molecule has 2 N–H and O–H groups in total. The molecule has 0 radical (unpaired) electrons. The largest absolute Gasteiger partial charge is 0.444 e. The minimum Gasteiger partial charge on any atom is -0.444 e. The summed E-state index contributed by atoms with van der Waals surface area (Å²) in [7, 11) is 0. The molecule has 2 aliphatic heterocycles. The maximum absolute atomic E-state index is 13.6. The molecule has 2 saturated heterocycles. The monoisotopic (exact) mass is 678 g/mol. The Morgan fingerprint density at radius 3 is 2.16 bits per heavy atom. The van der Waals surface area contributed by atoms with Crippen LogP contribution < -0.4 is 5.73 Å². The Bertz CT molecular complexity index is 1310. The van der Waals surface area contributed by atoms with Gasteiger partial charge in [0.05, 0.1) is 17.7 Å². The molecule has 2 heterocycles. The van der Waals surface area contributed by atoms with Crippen LogP contribution >= 0.6 is 15.9 Å². The molecule has 0 bridgehead atoms. The summed E-state index contributed by atoms with van der Waals surface area (Å²) in [4.78, 5) is 43.9. The molecule has 0 saturated carbocycles. The molecular formula is C28H29BrF6N4O4. The van der Waals surface area contributed by atoms with Gasteiger partial charge in [-0.3, -0.25) is 14.5 Å². The number of carbonyl (C=O) groups excluding carboxylic acids is 3. The van der Waals surface area contributed by atoms with Crippen LogP contribution in [0.25, 0.3) is 0 Å². The van der Waals surface area contributed by atoms with Crippen molar-refractivity contribution in [3.63, 3.8) is 0 Å². The number of carbonyl (C=O) groups is 3. The van der Waals surface area contributed by atoms with Crippen LogP contribution in [0, 0.1) is 0 Å². The van der Waals surface area contributed by atoms with Crippen molar-refractivity contribution < 1.29 is 45.5 Å². The van der Waals surface area contributed by atoms with Gasteiger partial charge in [-0.05, 0) is 67.3 Å². The predicted octanol–water partition coefficient (Wildman–Crippen LogP) is 5.52. The maximum Gasteiger partial charge on any atom is 0.416 e. The molecule has 2 atom stereocenters. The number of nitrogens with two attached hydrogens (primary N) is 1. The summed E-state index contributed by atoms with van der Waals surface area (Å²) >= 11 is 3.36. The highest BCUT2D eigenvalue weighted by Gasteiger charge is 2.49. The van der Waals surface area contributed by atoms with Gasteiger partial charge in [-0.25, -0.2) is 4.79 Å². The number of hydrogen-bond donors (Lipinski definition) is 1. The number of hydrogen-bond acceptors (Lipinski definition) is 5. The van der Waals surface area contributed by atoms with Crippen LogP contribution in [0.3, 0.4) is 0 Å². The van der Waals surface area contributed by atoms with E-state index in [9.17, 15) is 40.7 Å². The Kier molecular flexibility index (Phi) is 9.94. The molecule has 3 amide bonds. The smallest absolute Gasteiger partial charge is 0.416 e. The lowest BCUT2D eigenvalue weighted by atomic mass is 9.98. The normalized spacial score (nSPS) is 19.5. The number of piperazine rings is 1. The zero-order valence-corrected chi connectivity index (χ0v) is 24.3. The number of fused-ring (bicyclic) bond motifs is 1. The van der Waals surface area contributed by atoms with E-state index in [0.717, 1.165) is 10.0 Å². The van der Waals surface area contributed by atoms with Gasteiger partial charge in [-0.2, -0.15) is 26.3 Å². The minimum absolute atomic E-state index is 0.0106. The Morgan fingerprint density at radius 2 is 1.58 bits per heavy atom. The summed E-state index contributed by atoms with van der Waals surface area (Å²) in [5.74, 6) is -0.653. The number of alkyl halides is 6. The van der Waals surface area contributed by atoms with Crippen molar-refractivity contribution in [3.05, 3.63) is 69.2 Å². The molecule has 4 rings (SSSR count). The second-order valence-corrected chi connectivity index (χ2v) is 11.3. The Balaban J connectivity index is 1.58. The van der Waals surface area contributed by atoms with Gasteiger partial charge in [-0.1, -0.05) is 28.1 Å². The van der Waals surface area contributed by atoms with Crippen LogP contribution in [0.5, 0.6) is 0 Å². The highest BCUT2D eigenvalue weighted by Crippen LogP contribution is 2.37. The average molecular weight is 679 g/mol. The first-order valence-electron chi connectivity index (χ1n) is 13.4. The van der Waals surface area contributed by atoms with Gasteiger partial charge in [0, 0.05) is 24.0 Å². The SMILES string of the molecule is NCCCC[C@H]1C(=O)N(Cc2ccc(Br)cc2)C[C@@H]2N(C(=O)OCc3cc(C(F)(F)F)cc(C(F)(F)F)c3)CCC(=O)N21. The van der Waals surface area contributed by atoms with Gasteiger partial charge in [0.25, 0.3) is 0 Å². The average Bonchev–Trinajstić information content (AvgIpc) is 2.94. The molecule has 2 aromatic rings. The Morgan fingerprint density at radius 1 is 0.953 bits per heavy atom. The van der Waals surface area contributed by atoms with Crippen molar-refractivity contribution in [2.45, 2.75) is 63.4 Å². The molecule has 234 valence electrons. The zero-order chi connectivity index (χ0) is 31.5. The van der Waals surface area contributed by atoms with Gasteiger partial charge in [-0.15, -0.1) is 0 Å². The maximum atomic E-state index is 13.6. The quantitative estimate of drug-likeness (QED) is 0.293. The molecule has 8 nitrogen and oxygen atoms in total. The number of ether oxygens (including phenoxy) is 1. The van der Waals surface area contributed by atoms with Gasteiger partial charge in [0.15, 0.2) is 0 Å². The standard InChI is InChI=1S/C28H29BrF6N4O4/c29-21-6-4-17(5-7-21)14-37-15-23-38(10-8-24(40)39(23)22(25(37)41)3-1-2-9-36)26(42)43-16-18-11-19(27(30,31)32)13-20(12-18)28(33,34)35/h4-7,11-13,22-23H,1-3,8-10,14-16,36H2/t22-,23+/m0/s1. The fourth-order valence-corrected chi connectivity index (χ4v) is 5.50. The van der Waals surface area contributed by atoms with E-state index in [1.54, 1.807) is 12.1 Å². The van der Waals surface area contributed by atoms with Crippen LogP contribution in [0.15, 0.2) is 46.9 Å². The first-order chi connectivity index (χ1) is 20.2. The zero-order valence-electron chi connectivity index (χ0n) is 22.8. The Labute approximate surface area is 251 Å². The first-order valence-corrected chi connectivity index (χ1v) is 14.2. The van der Waals surface area contributed by atoms with Crippen LogP contribution in [0.1, 0.15) is 47.9 Å². The molecule has 0 aliphatic carbocycles. The molecule has 0 unspecified atom stereocenters. The predicted molar refractivity (Wildman–Crippen MR) is 145 cm³/mol. The second kappa shape index (κ2) is 13.1. The summed E-state index contributed by atoms with van der Waals surface area (Å²) in [5, 5.41) is 0. The van der Waals surface area contributed by atoms with Crippen LogP contribution in [0.4, 0.5) is 31.1 Å². The summed E-state index contributed by atoms with van der Waals surface area (Å²) in [6, 6.07) is 7.32. The highest BCUT2D eigenvalue weighted by molar-refractivity contribution is 9.10. The fourth-order valence-electron chi connectivity index (χ4n) is 5.24. The fraction of sp³-hybridized carbons (Fsp3) is 0.464. The van der Waals surface area contributed by atoms with Gasteiger partial charge in [0.1, 0.15) is 18.8 Å². The van der Waals surface area contributed by atoms with Crippen molar-refractivity contribution in [3.8, 4) is 0 Å². The molecule has 15 heteroatoms. The van der Waals surface area contributed by atoms with Gasteiger partial charge >= 0.3 is 18.4 Å². The van der Waals surface area contributed by atoms with Crippen LogP contribution in [-0.2, 0) is 39.8 Å². The molecule has 0 spiro atoms. The third-order valence-electron chi connectivity index (χ3n) is 7.31. The summed E-state index contributed by atoms with van der Waals surface area (Å²) in [6.45, 7) is -0.475. The molecule has 2 aromatic carbocycles. The van der Waals surface area contributed by atoms with E-state index in [-0.39, 0.29) is 43.9 Å².